The van der Waals surface area contributed by atoms with Gasteiger partial charge in [0.2, 0.25) is 5.91 Å². The van der Waals surface area contributed by atoms with Crippen molar-refractivity contribution in [1.82, 2.24) is 5.06 Å². The molecule has 3 rings (SSSR count). The Kier molecular flexibility index (Phi) is 4.12. The Morgan fingerprint density at radius 3 is 2.78 bits per heavy atom. The summed E-state index contributed by atoms with van der Waals surface area (Å²) in [6.45, 7) is 1.84. The molecule has 1 heterocycles. The predicted octanol–water partition coefficient (Wildman–Crippen LogP) is 2.59. The number of carbonyl (C=O) groups is 2. The largest absolute Gasteiger partial charge is 0.488 e. The van der Waals surface area contributed by atoms with Crippen molar-refractivity contribution in [1.29, 1.82) is 0 Å². The fourth-order valence-corrected chi connectivity index (χ4v) is 2.60. The van der Waals surface area contributed by atoms with Crippen LogP contribution in [0, 0.1) is 0 Å². The van der Waals surface area contributed by atoms with Gasteiger partial charge in [-0.25, -0.2) is 5.06 Å². The molecule has 0 saturated heterocycles. The minimum Gasteiger partial charge on any atom is -0.488 e. The van der Waals surface area contributed by atoms with E-state index in [1.165, 1.54) is 6.92 Å². The zero-order chi connectivity index (χ0) is 16.4. The average Bonchev–Trinajstić information content (AvgIpc) is 2.70. The molecule has 1 N–H and O–H groups in total. The summed E-state index contributed by atoms with van der Waals surface area (Å²) >= 11 is 0. The van der Waals surface area contributed by atoms with Crippen LogP contribution < -0.4 is 4.74 Å². The molecule has 23 heavy (non-hydrogen) atoms. The van der Waals surface area contributed by atoms with Gasteiger partial charge in [0.1, 0.15) is 12.4 Å². The van der Waals surface area contributed by atoms with Crippen LogP contribution in [-0.2, 0) is 17.8 Å². The van der Waals surface area contributed by atoms with Crippen molar-refractivity contribution in [3.63, 3.8) is 0 Å². The first kappa shape index (κ1) is 15.2. The molecule has 2 aromatic carbocycles. The number of hydroxylamine groups is 2. The zero-order valence-electron chi connectivity index (χ0n) is 12.8. The van der Waals surface area contributed by atoms with E-state index in [0.29, 0.717) is 35.0 Å². The minimum absolute atomic E-state index is 0.0672. The van der Waals surface area contributed by atoms with Gasteiger partial charge in [0.15, 0.2) is 5.78 Å². The van der Waals surface area contributed by atoms with Crippen molar-refractivity contribution >= 4 is 11.7 Å². The van der Waals surface area contributed by atoms with E-state index in [0.717, 1.165) is 11.1 Å². The maximum atomic E-state index is 12.7. The number of ketones is 1. The number of nitrogens with zero attached hydrogens (tertiary/aromatic N) is 1. The second-order valence-corrected chi connectivity index (χ2v) is 5.50. The molecular formula is C18H17NO4. The minimum atomic E-state index is -0.409. The number of hydrogen-bond donors (Lipinski definition) is 1. The molecule has 1 aliphatic heterocycles. The number of ether oxygens (including phenoxy) is 1. The SMILES string of the molecule is CC(=O)N(O)CCc1ccc2c(c1)C(=O)c1ccccc1CO2. The lowest BCUT2D eigenvalue weighted by Gasteiger charge is -2.13. The van der Waals surface area contributed by atoms with Gasteiger partial charge in [-0.15, -0.1) is 0 Å². The summed E-state index contributed by atoms with van der Waals surface area (Å²) in [5.41, 5.74) is 2.89. The normalized spacial score (nSPS) is 12.7. The number of fused-ring (bicyclic) bond motifs is 2. The molecule has 0 unspecified atom stereocenters. The van der Waals surface area contributed by atoms with Crippen LogP contribution in [0.5, 0.6) is 5.75 Å². The molecule has 0 atom stereocenters. The first-order valence-corrected chi connectivity index (χ1v) is 7.41. The van der Waals surface area contributed by atoms with Crippen LogP contribution >= 0.6 is 0 Å². The highest BCUT2D eigenvalue weighted by Crippen LogP contribution is 2.29. The third-order valence-corrected chi connectivity index (χ3v) is 3.91. The molecule has 5 heteroatoms. The lowest BCUT2D eigenvalue weighted by atomic mass is 9.97. The standard InChI is InChI=1S/C18H17NO4/c1-12(20)19(22)9-8-13-6-7-17-16(10-13)18(21)15-5-3-2-4-14(15)11-23-17/h2-7,10,22H,8-9,11H2,1H3. The Morgan fingerprint density at radius 2 is 2.00 bits per heavy atom. The smallest absolute Gasteiger partial charge is 0.242 e. The molecule has 1 amide bonds. The number of hydrogen-bond acceptors (Lipinski definition) is 4. The fraction of sp³-hybridized carbons (Fsp3) is 0.222. The topological polar surface area (TPSA) is 66.8 Å². The molecular weight excluding hydrogens is 294 g/mol. The van der Waals surface area contributed by atoms with Gasteiger partial charge in [-0.05, 0) is 24.1 Å². The number of rotatable bonds is 3. The summed E-state index contributed by atoms with van der Waals surface area (Å²) in [5.74, 6) is 0.0813. The van der Waals surface area contributed by atoms with Gasteiger partial charge in [-0.3, -0.25) is 14.8 Å². The molecule has 0 radical (unpaired) electrons. The molecule has 2 aromatic rings. The van der Waals surface area contributed by atoms with E-state index >= 15 is 0 Å². The second-order valence-electron chi connectivity index (χ2n) is 5.50. The van der Waals surface area contributed by atoms with Crippen LogP contribution in [0.1, 0.15) is 34.0 Å². The van der Waals surface area contributed by atoms with Gasteiger partial charge in [-0.2, -0.15) is 0 Å². The van der Waals surface area contributed by atoms with E-state index in [2.05, 4.69) is 0 Å². The van der Waals surface area contributed by atoms with Crippen molar-refractivity contribution in [3.8, 4) is 5.75 Å². The van der Waals surface area contributed by atoms with Crippen molar-refractivity contribution in [2.24, 2.45) is 0 Å². The highest BCUT2D eigenvalue weighted by atomic mass is 16.5. The van der Waals surface area contributed by atoms with Gasteiger partial charge in [-0.1, -0.05) is 30.3 Å². The highest BCUT2D eigenvalue weighted by Gasteiger charge is 2.22. The Morgan fingerprint density at radius 1 is 1.22 bits per heavy atom. The Labute approximate surface area is 134 Å². The quantitative estimate of drug-likeness (QED) is 0.699. The molecule has 0 saturated carbocycles. The second kappa shape index (κ2) is 6.22. The number of carbonyl (C=O) groups excluding carboxylic acids is 2. The zero-order valence-corrected chi connectivity index (χ0v) is 12.8. The maximum Gasteiger partial charge on any atom is 0.242 e. The maximum absolute atomic E-state index is 12.7. The molecule has 0 aliphatic carbocycles. The molecule has 0 aromatic heterocycles. The van der Waals surface area contributed by atoms with Crippen molar-refractivity contribution in [2.45, 2.75) is 20.0 Å². The summed E-state index contributed by atoms with van der Waals surface area (Å²) < 4.78 is 5.73. The van der Waals surface area contributed by atoms with E-state index in [4.69, 9.17) is 4.74 Å². The monoisotopic (exact) mass is 311 g/mol. The third kappa shape index (κ3) is 3.10. The molecule has 0 fully saturated rings. The van der Waals surface area contributed by atoms with Crippen LogP contribution in [0.3, 0.4) is 0 Å². The lowest BCUT2D eigenvalue weighted by Crippen LogP contribution is -2.26. The summed E-state index contributed by atoms with van der Waals surface area (Å²) in [5, 5.41) is 10.1. The van der Waals surface area contributed by atoms with E-state index in [1.807, 2.05) is 24.3 Å². The van der Waals surface area contributed by atoms with Gasteiger partial charge < -0.3 is 4.74 Å². The summed E-state index contributed by atoms with van der Waals surface area (Å²) in [6.07, 6.45) is 0.457. The average molecular weight is 311 g/mol. The lowest BCUT2D eigenvalue weighted by molar-refractivity contribution is -0.162. The van der Waals surface area contributed by atoms with Crippen LogP contribution in [0.2, 0.25) is 0 Å². The van der Waals surface area contributed by atoms with Crippen molar-refractivity contribution in [2.75, 3.05) is 6.54 Å². The summed E-state index contributed by atoms with van der Waals surface area (Å²) in [4.78, 5) is 23.8. The molecule has 5 nitrogen and oxygen atoms in total. The van der Waals surface area contributed by atoms with Gasteiger partial charge in [0.05, 0.1) is 12.1 Å². The summed E-state index contributed by atoms with van der Waals surface area (Å²) in [7, 11) is 0. The van der Waals surface area contributed by atoms with E-state index in [1.54, 1.807) is 18.2 Å². The van der Waals surface area contributed by atoms with E-state index in [-0.39, 0.29) is 12.3 Å². The third-order valence-electron chi connectivity index (χ3n) is 3.91. The van der Waals surface area contributed by atoms with Crippen LogP contribution in [0.4, 0.5) is 0 Å². The fourth-order valence-electron chi connectivity index (χ4n) is 2.60. The Balaban J connectivity index is 1.88. The summed E-state index contributed by atoms with van der Waals surface area (Å²) in [6, 6.07) is 12.8. The van der Waals surface area contributed by atoms with E-state index in [9.17, 15) is 14.8 Å². The van der Waals surface area contributed by atoms with Gasteiger partial charge in [0, 0.05) is 18.1 Å². The molecule has 118 valence electrons. The van der Waals surface area contributed by atoms with Crippen LogP contribution in [0.15, 0.2) is 42.5 Å². The molecule has 1 aliphatic rings. The number of benzene rings is 2. The Hall–Kier alpha value is -2.66. The van der Waals surface area contributed by atoms with Crippen LogP contribution in [0.25, 0.3) is 0 Å². The van der Waals surface area contributed by atoms with Crippen LogP contribution in [-0.4, -0.2) is 28.5 Å². The number of amides is 1. The van der Waals surface area contributed by atoms with E-state index < -0.39 is 5.91 Å². The van der Waals surface area contributed by atoms with Crippen molar-refractivity contribution in [3.05, 3.63) is 64.7 Å². The van der Waals surface area contributed by atoms with Gasteiger partial charge in [0.25, 0.3) is 0 Å². The first-order chi connectivity index (χ1) is 11.1. The van der Waals surface area contributed by atoms with Crippen molar-refractivity contribution < 1.29 is 19.5 Å². The highest BCUT2D eigenvalue weighted by molar-refractivity contribution is 6.12. The molecule has 0 bridgehead atoms. The predicted molar refractivity (Wildman–Crippen MR) is 83.5 cm³/mol. The first-order valence-electron chi connectivity index (χ1n) is 7.41. The van der Waals surface area contributed by atoms with Gasteiger partial charge >= 0.3 is 0 Å². The molecule has 0 spiro atoms. The Bertz CT molecular complexity index is 769.